The second-order valence-corrected chi connectivity index (χ2v) is 7.43. The van der Waals surface area contributed by atoms with E-state index in [0.717, 1.165) is 12.0 Å². The molecular formula is C18H21NO5S. The van der Waals surface area contributed by atoms with Crippen LogP contribution in [0.3, 0.4) is 0 Å². The summed E-state index contributed by atoms with van der Waals surface area (Å²) in [5, 5.41) is 2.64. The molecule has 0 spiro atoms. The molecule has 0 fully saturated rings. The van der Waals surface area contributed by atoms with Crippen LogP contribution in [0.1, 0.15) is 12.8 Å². The standard InChI is InChI=1S/C18H21NO5S/c1-23-14-9-11-15(12-10-14)24-13-5-8-18(20)19-16-6-3-4-7-17(16)25(2,21)22/h3-4,6-7,9-12H,5,8,13H2,1-2H3,(H,19,20). The zero-order chi connectivity index (χ0) is 18.3. The van der Waals surface area contributed by atoms with Gasteiger partial charge in [-0.25, -0.2) is 8.42 Å². The Labute approximate surface area is 147 Å². The Balaban J connectivity index is 1.81. The maximum atomic E-state index is 12.0. The van der Waals surface area contributed by atoms with Crippen LogP contribution in [-0.4, -0.2) is 34.3 Å². The van der Waals surface area contributed by atoms with Gasteiger partial charge in [-0.05, 0) is 42.8 Å². The number of ether oxygens (including phenoxy) is 2. The fourth-order valence-electron chi connectivity index (χ4n) is 2.20. The Morgan fingerprint density at radius 3 is 2.32 bits per heavy atom. The van der Waals surface area contributed by atoms with Crippen molar-refractivity contribution >= 4 is 21.4 Å². The second-order valence-electron chi connectivity index (χ2n) is 5.44. The molecule has 2 rings (SSSR count). The van der Waals surface area contributed by atoms with Crippen molar-refractivity contribution < 1.29 is 22.7 Å². The van der Waals surface area contributed by atoms with E-state index in [1.165, 1.54) is 6.07 Å². The molecular weight excluding hydrogens is 342 g/mol. The van der Waals surface area contributed by atoms with E-state index in [1.807, 2.05) is 0 Å². The zero-order valence-electron chi connectivity index (χ0n) is 14.2. The SMILES string of the molecule is COc1ccc(OCCCC(=O)Nc2ccccc2S(C)(=O)=O)cc1. The first-order valence-corrected chi connectivity index (χ1v) is 9.65. The monoisotopic (exact) mass is 363 g/mol. The maximum absolute atomic E-state index is 12.0. The molecule has 0 aromatic heterocycles. The zero-order valence-corrected chi connectivity index (χ0v) is 15.0. The van der Waals surface area contributed by atoms with Crippen LogP contribution in [0.25, 0.3) is 0 Å². The number of benzene rings is 2. The van der Waals surface area contributed by atoms with Crippen LogP contribution < -0.4 is 14.8 Å². The molecule has 6 nitrogen and oxygen atoms in total. The fraction of sp³-hybridized carbons (Fsp3) is 0.278. The summed E-state index contributed by atoms with van der Waals surface area (Å²) in [6.07, 6.45) is 1.85. The van der Waals surface area contributed by atoms with Crippen molar-refractivity contribution in [1.29, 1.82) is 0 Å². The summed E-state index contributed by atoms with van der Waals surface area (Å²) in [7, 11) is -1.80. The third-order valence-electron chi connectivity index (χ3n) is 3.44. The molecule has 0 unspecified atom stereocenters. The number of rotatable bonds is 8. The fourth-order valence-corrected chi connectivity index (χ4v) is 3.04. The second kappa shape index (κ2) is 8.53. The van der Waals surface area contributed by atoms with E-state index < -0.39 is 9.84 Å². The van der Waals surface area contributed by atoms with Gasteiger partial charge in [0.05, 0.1) is 24.3 Å². The Hall–Kier alpha value is -2.54. The third kappa shape index (κ3) is 5.79. The molecule has 0 atom stereocenters. The molecule has 0 aliphatic carbocycles. The molecule has 0 radical (unpaired) electrons. The van der Waals surface area contributed by atoms with E-state index in [4.69, 9.17) is 9.47 Å². The van der Waals surface area contributed by atoms with Gasteiger partial charge in [0.1, 0.15) is 11.5 Å². The van der Waals surface area contributed by atoms with E-state index >= 15 is 0 Å². The van der Waals surface area contributed by atoms with Gasteiger partial charge in [0.15, 0.2) is 9.84 Å². The van der Waals surface area contributed by atoms with Gasteiger partial charge < -0.3 is 14.8 Å². The first-order chi connectivity index (χ1) is 11.9. The lowest BCUT2D eigenvalue weighted by Gasteiger charge is -2.10. The van der Waals surface area contributed by atoms with Crippen molar-refractivity contribution in [2.24, 2.45) is 0 Å². The molecule has 1 amide bonds. The Morgan fingerprint density at radius 1 is 1.04 bits per heavy atom. The number of carbonyl (C=O) groups excluding carboxylic acids is 1. The maximum Gasteiger partial charge on any atom is 0.224 e. The number of nitrogens with one attached hydrogen (secondary N) is 1. The normalized spacial score (nSPS) is 11.0. The third-order valence-corrected chi connectivity index (χ3v) is 4.59. The van der Waals surface area contributed by atoms with Crippen LogP contribution in [0.15, 0.2) is 53.4 Å². The summed E-state index contributed by atoms with van der Waals surface area (Å²) >= 11 is 0. The van der Waals surface area contributed by atoms with E-state index in [1.54, 1.807) is 49.6 Å². The highest BCUT2D eigenvalue weighted by molar-refractivity contribution is 7.90. The molecule has 2 aromatic carbocycles. The molecule has 1 N–H and O–H groups in total. The van der Waals surface area contributed by atoms with Crippen molar-refractivity contribution in [3.63, 3.8) is 0 Å². The first-order valence-electron chi connectivity index (χ1n) is 7.76. The first kappa shape index (κ1) is 18.8. The predicted octanol–water partition coefficient (Wildman–Crippen LogP) is 2.90. The van der Waals surface area contributed by atoms with Crippen LogP contribution >= 0.6 is 0 Å². The summed E-state index contributed by atoms with van der Waals surface area (Å²) in [5.74, 6) is 1.19. The number of sulfone groups is 1. The summed E-state index contributed by atoms with van der Waals surface area (Å²) in [4.78, 5) is 12.1. The summed E-state index contributed by atoms with van der Waals surface area (Å²) in [6, 6.07) is 13.5. The number of methoxy groups -OCH3 is 1. The lowest BCUT2D eigenvalue weighted by atomic mass is 10.2. The van der Waals surface area contributed by atoms with Crippen LogP contribution in [0.5, 0.6) is 11.5 Å². The number of anilines is 1. The van der Waals surface area contributed by atoms with Crippen LogP contribution in [0.4, 0.5) is 5.69 Å². The molecule has 0 heterocycles. The Kier molecular flexibility index (Phi) is 6.41. The molecule has 134 valence electrons. The lowest BCUT2D eigenvalue weighted by Crippen LogP contribution is -2.15. The number of carbonyl (C=O) groups is 1. The topological polar surface area (TPSA) is 81.7 Å². The summed E-state index contributed by atoms with van der Waals surface area (Å²) in [5.41, 5.74) is 0.297. The van der Waals surface area contributed by atoms with Gasteiger partial charge in [-0.2, -0.15) is 0 Å². The number of hydrogen-bond acceptors (Lipinski definition) is 5. The quantitative estimate of drug-likeness (QED) is 0.729. The van der Waals surface area contributed by atoms with Gasteiger partial charge in [-0.15, -0.1) is 0 Å². The van der Waals surface area contributed by atoms with Crippen LogP contribution in [0, 0.1) is 0 Å². The van der Waals surface area contributed by atoms with Crippen LogP contribution in [-0.2, 0) is 14.6 Å². The molecule has 2 aromatic rings. The molecule has 0 bridgehead atoms. The van der Waals surface area contributed by atoms with Crippen LogP contribution in [0.2, 0.25) is 0 Å². The van der Waals surface area contributed by atoms with Gasteiger partial charge >= 0.3 is 0 Å². The van der Waals surface area contributed by atoms with Gasteiger partial charge in [0.2, 0.25) is 5.91 Å². The minimum absolute atomic E-state index is 0.109. The average Bonchev–Trinajstić information content (AvgIpc) is 2.59. The highest BCUT2D eigenvalue weighted by Gasteiger charge is 2.14. The summed E-state index contributed by atoms with van der Waals surface area (Å²) in [6.45, 7) is 0.382. The average molecular weight is 363 g/mol. The molecule has 0 saturated heterocycles. The van der Waals surface area contributed by atoms with Gasteiger partial charge in [0.25, 0.3) is 0 Å². The smallest absolute Gasteiger partial charge is 0.224 e. The minimum Gasteiger partial charge on any atom is -0.497 e. The Morgan fingerprint density at radius 2 is 1.68 bits per heavy atom. The van der Waals surface area contributed by atoms with Gasteiger partial charge in [-0.3, -0.25) is 4.79 Å². The molecule has 0 saturated carbocycles. The highest BCUT2D eigenvalue weighted by Crippen LogP contribution is 2.21. The van der Waals surface area contributed by atoms with Crippen molar-refractivity contribution in [2.45, 2.75) is 17.7 Å². The van der Waals surface area contributed by atoms with Crippen molar-refractivity contribution in [2.75, 3.05) is 25.3 Å². The largest absolute Gasteiger partial charge is 0.497 e. The highest BCUT2D eigenvalue weighted by atomic mass is 32.2. The molecule has 25 heavy (non-hydrogen) atoms. The molecule has 0 aliphatic heterocycles. The van der Waals surface area contributed by atoms with E-state index in [9.17, 15) is 13.2 Å². The van der Waals surface area contributed by atoms with E-state index in [-0.39, 0.29) is 17.2 Å². The van der Waals surface area contributed by atoms with Crippen molar-refractivity contribution in [1.82, 2.24) is 0 Å². The number of para-hydroxylation sites is 1. The van der Waals surface area contributed by atoms with E-state index in [2.05, 4.69) is 5.32 Å². The Bertz CT molecular complexity index is 816. The number of amides is 1. The van der Waals surface area contributed by atoms with Crippen molar-refractivity contribution in [3.05, 3.63) is 48.5 Å². The van der Waals surface area contributed by atoms with Crippen molar-refractivity contribution in [3.8, 4) is 11.5 Å². The molecule has 7 heteroatoms. The van der Waals surface area contributed by atoms with Gasteiger partial charge in [0, 0.05) is 12.7 Å². The minimum atomic E-state index is -3.40. The van der Waals surface area contributed by atoms with E-state index in [0.29, 0.717) is 24.5 Å². The molecule has 0 aliphatic rings. The summed E-state index contributed by atoms with van der Waals surface area (Å²) < 4.78 is 34.1. The predicted molar refractivity (Wildman–Crippen MR) is 95.9 cm³/mol. The van der Waals surface area contributed by atoms with Gasteiger partial charge in [-0.1, -0.05) is 12.1 Å². The number of hydrogen-bond donors (Lipinski definition) is 1. The lowest BCUT2D eigenvalue weighted by molar-refractivity contribution is -0.116.